The number of nitrogens with zero attached hydrogens (tertiary/aromatic N) is 2. The molecule has 4 aromatic rings. The molecule has 45 heavy (non-hydrogen) atoms. The van der Waals surface area contributed by atoms with Crippen LogP contribution in [0, 0.1) is 5.82 Å². The van der Waals surface area contributed by atoms with E-state index in [2.05, 4.69) is 15.8 Å². The molecule has 4 aromatic carbocycles. The van der Waals surface area contributed by atoms with Crippen LogP contribution in [0.1, 0.15) is 11.1 Å². The molecule has 0 saturated carbocycles. The van der Waals surface area contributed by atoms with E-state index < -0.39 is 56.6 Å². The number of ether oxygens (including phenoxy) is 1. The molecule has 0 unspecified atom stereocenters. The van der Waals surface area contributed by atoms with E-state index in [4.69, 9.17) is 16.3 Å². The van der Waals surface area contributed by atoms with Gasteiger partial charge < -0.3 is 10.1 Å². The first-order valence-electron chi connectivity index (χ1n) is 12.9. The van der Waals surface area contributed by atoms with Crippen molar-refractivity contribution in [1.29, 1.82) is 0 Å². The summed E-state index contributed by atoms with van der Waals surface area (Å²) in [5.41, 5.74) is 1.35. The second-order valence-electron chi connectivity index (χ2n) is 9.19. The second kappa shape index (κ2) is 14.2. The third-order valence-corrected chi connectivity index (χ3v) is 8.06. The van der Waals surface area contributed by atoms with Gasteiger partial charge in [0.2, 0.25) is 0 Å². The standard InChI is InChI=1S/C30H23ClF4N4O5S/c31-27-15-12-23(16-26(27)30(33,34)35)39(45(42,43)25-4-2-1-3-5-25)18-28(40)38-36-17-20-6-13-24(14-7-20)44-19-29(41)37-22-10-8-21(32)9-11-22/h1-17H,18-19H2,(H,37,41)(H,38,40)/b36-17-. The normalized spacial score (nSPS) is 11.7. The van der Waals surface area contributed by atoms with Crippen LogP contribution in [-0.2, 0) is 25.8 Å². The van der Waals surface area contributed by atoms with Gasteiger partial charge in [0.15, 0.2) is 6.61 Å². The van der Waals surface area contributed by atoms with Gasteiger partial charge in [-0.2, -0.15) is 18.3 Å². The summed E-state index contributed by atoms with van der Waals surface area (Å²) in [6.07, 6.45) is -3.64. The van der Waals surface area contributed by atoms with Crippen LogP contribution < -0.4 is 19.8 Å². The zero-order valence-electron chi connectivity index (χ0n) is 23.0. The highest BCUT2D eigenvalue weighted by molar-refractivity contribution is 7.92. The zero-order valence-corrected chi connectivity index (χ0v) is 24.5. The number of carbonyl (C=O) groups excluding carboxylic acids is 2. The number of hydrogen-bond acceptors (Lipinski definition) is 6. The highest BCUT2D eigenvalue weighted by Gasteiger charge is 2.35. The molecule has 15 heteroatoms. The van der Waals surface area contributed by atoms with Crippen molar-refractivity contribution in [2.45, 2.75) is 11.1 Å². The van der Waals surface area contributed by atoms with Crippen molar-refractivity contribution in [2.24, 2.45) is 5.10 Å². The molecule has 9 nitrogen and oxygen atoms in total. The first kappa shape index (κ1) is 33.0. The number of nitrogens with one attached hydrogen (secondary N) is 2. The molecule has 0 radical (unpaired) electrons. The molecule has 0 heterocycles. The number of sulfonamides is 1. The number of halogens is 5. The highest BCUT2D eigenvalue weighted by Crippen LogP contribution is 2.38. The van der Waals surface area contributed by atoms with Crippen molar-refractivity contribution < 1.29 is 40.3 Å². The summed E-state index contributed by atoms with van der Waals surface area (Å²) in [4.78, 5) is 24.5. The van der Waals surface area contributed by atoms with Crippen molar-refractivity contribution in [3.05, 3.63) is 119 Å². The predicted octanol–water partition coefficient (Wildman–Crippen LogP) is 5.86. The zero-order chi connectivity index (χ0) is 32.6. The lowest BCUT2D eigenvalue weighted by atomic mass is 10.2. The van der Waals surface area contributed by atoms with Crippen LogP contribution >= 0.6 is 11.6 Å². The van der Waals surface area contributed by atoms with E-state index in [0.29, 0.717) is 27.4 Å². The second-order valence-corrected chi connectivity index (χ2v) is 11.5. The molecule has 0 spiro atoms. The largest absolute Gasteiger partial charge is 0.484 e. The minimum atomic E-state index is -4.88. The van der Waals surface area contributed by atoms with Gasteiger partial charge in [-0.3, -0.25) is 13.9 Å². The van der Waals surface area contributed by atoms with Gasteiger partial charge in [0.25, 0.3) is 21.8 Å². The van der Waals surface area contributed by atoms with E-state index in [1.165, 1.54) is 66.9 Å². The summed E-state index contributed by atoms with van der Waals surface area (Å²) in [5, 5.41) is 5.71. The molecule has 0 aliphatic rings. The molecule has 2 N–H and O–H groups in total. The van der Waals surface area contributed by atoms with Crippen molar-refractivity contribution in [3.8, 4) is 5.75 Å². The molecule has 0 bridgehead atoms. The Morgan fingerprint density at radius 1 is 0.911 bits per heavy atom. The molecule has 234 valence electrons. The Balaban J connectivity index is 1.40. The van der Waals surface area contributed by atoms with E-state index in [9.17, 15) is 35.6 Å². The number of carbonyl (C=O) groups is 2. The molecular formula is C30H23ClF4N4O5S. The fourth-order valence-electron chi connectivity index (χ4n) is 3.79. The van der Waals surface area contributed by atoms with Crippen molar-refractivity contribution in [3.63, 3.8) is 0 Å². The fourth-order valence-corrected chi connectivity index (χ4v) is 5.45. The summed E-state index contributed by atoms with van der Waals surface area (Å²) in [6, 6.07) is 20.8. The lowest BCUT2D eigenvalue weighted by Crippen LogP contribution is -2.39. The maximum absolute atomic E-state index is 13.5. The maximum atomic E-state index is 13.5. The molecule has 0 atom stereocenters. The summed E-state index contributed by atoms with van der Waals surface area (Å²) in [5.74, 6) is -1.51. The van der Waals surface area contributed by atoms with E-state index in [-0.39, 0.29) is 11.5 Å². The average Bonchev–Trinajstić information content (AvgIpc) is 3.01. The molecule has 0 fully saturated rings. The van der Waals surface area contributed by atoms with Gasteiger partial charge in [0.05, 0.1) is 27.4 Å². The first-order chi connectivity index (χ1) is 21.3. The van der Waals surface area contributed by atoms with Gasteiger partial charge in [0, 0.05) is 5.69 Å². The minimum absolute atomic E-state index is 0.250. The predicted molar refractivity (Wildman–Crippen MR) is 160 cm³/mol. The number of amides is 2. The molecule has 4 rings (SSSR count). The molecular weight excluding hydrogens is 640 g/mol. The van der Waals surface area contributed by atoms with Crippen LogP contribution in [0.5, 0.6) is 5.75 Å². The highest BCUT2D eigenvalue weighted by atomic mass is 35.5. The Morgan fingerprint density at radius 3 is 2.22 bits per heavy atom. The Labute approximate surface area is 260 Å². The lowest BCUT2D eigenvalue weighted by molar-refractivity contribution is -0.137. The van der Waals surface area contributed by atoms with Gasteiger partial charge in [-0.25, -0.2) is 18.2 Å². The van der Waals surface area contributed by atoms with E-state index >= 15 is 0 Å². The third-order valence-electron chi connectivity index (χ3n) is 5.94. The van der Waals surface area contributed by atoms with Crippen LogP contribution in [0.2, 0.25) is 5.02 Å². The fraction of sp³-hybridized carbons (Fsp3) is 0.100. The number of anilines is 2. The van der Waals surface area contributed by atoms with E-state index in [1.54, 1.807) is 18.2 Å². The van der Waals surface area contributed by atoms with E-state index in [0.717, 1.165) is 12.1 Å². The summed E-state index contributed by atoms with van der Waals surface area (Å²) in [6.45, 7) is -1.22. The molecule has 0 aromatic heterocycles. The summed E-state index contributed by atoms with van der Waals surface area (Å²) >= 11 is 5.70. The molecule has 0 aliphatic carbocycles. The molecule has 0 aliphatic heterocycles. The van der Waals surface area contributed by atoms with Gasteiger partial charge in [-0.1, -0.05) is 29.8 Å². The quantitative estimate of drug-likeness (QED) is 0.119. The summed E-state index contributed by atoms with van der Waals surface area (Å²) < 4.78 is 86.2. The Bertz CT molecular complexity index is 1790. The SMILES string of the molecule is O=C(CN(c1ccc(Cl)c(C(F)(F)F)c1)S(=O)(=O)c1ccccc1)N/N=C\c1ccc(OCC(=O)Nc2ccc(F)cc2)cc1. The average molecular weight is 663 g/mol. The molecule has 0 saturated heterocycles. The number of hydrazone groups is 1. The van der Waals surface area contributed by atoms with Crippen molar-refractivity contribution >= 4 is 51.0 Å². The Hall–Kier alpha value is -4.95. The molecule has 2 amide bonds. The van der Waals surface area contributed by atoms with Gasteiger partial charge >= 0.3 is 6.18 Å². The van der Waals surface area contributed by atoms with Crippen LogP contribution in [0.15, 0.2) is 107 Å². The van der Waals surface area contributed by atoms with Crippen LogP contribution in [-0.4, -0.2) is 39.6 Å². The van der Waals surface area contributed by atoms with Crippen LogP contribution in [0.25, 0.3) is 0 Å². The van der Waals surface area contributed by atoms with Crippen molar-refractivity contribution in [1.82, 2.24) is 5.43 Å². The van der Waals surface area contributed by atoms with Crippen LogP contribution in [0.4, 0.5) is 28.9 Å². The number of rotatable bonds is 11. The van der Waals surface area contributed by atoms with Gasteiger partial charge in [0.1, 0.15) is 18.1 Å². The maximum Gasteiger partial charge on any atom is 0.417 e. The van der Waals surface area contributed by atoms with Gasteiger partial charge in [-0.05, 0) is 84.4 Å². The number of alkyl halides is 3. The number of hydrogen-bond donors (Lipinski definition) is 2. The van der Waals surface area contributed by atoms with Crippen molar-refractivity contribution in [2.75, 3.05) is 22.8 Å². The third kappa shape index (κ3) is 9.03. The monoisotopic (exact) mass is 662 g/mol. The van der Waals surface area contributed by atoms with Crippen LogP contribution in [0.3, 0.4) is 0 Å². The van der Waals surface area contributed by atoms with Gasteiger partial charge in [-0.15, -0.1) is 0 Å². The Kier molecular flexibility index (Phi) is 10.4. The summed E-state index contributed by atoms with van der Waals surface area (Å²) in [7, 11) is -4.48. The topological polar surface area (TPSA) is 117 Å². The smallest absolute Gasteiger partial charge is 0.417 e. The van der Waals surface area contributed by atoms with E-state index in [1.807, 2.05) is 0 Å². The lowest BCUT2D eigenvalue weighted by Gasteiger charge is -2.24. The Morgan fingerprint density at radius 2 is 1.58 bits per heavy atom. The minimum Gasteiger partial charge on any atom is -0.484 e. The first-order valence-corrected chi connectivity index (χ1v) is 14.7. The number of benzene rings is 4.